The number of halogens is 1. The highest BCUT2D eigenvalue weighted by molar-refractivity contribution is 7.99. The Bertz CT molecular complexity index is 1550. The van der Waals surface area contributed by atoms with Gasteiger partial charge in [0, 0.05) is 18.5 Å². The largest absolute Gasteiger partial charge is 0.494 e. The first-order chi connectivity index (χ1) is 18.6. The molecule has 13 heteroatoms. The van der Waals surface area contributed by atoms with Gasteiger partial charge in [-0.05, 0) is 43.1 Å². The Morgan fingerprint density at radius 2 is 1.66 bits per heavy atom. The van der Waals surface area contributed by atoms with Crippen molar-refractivity contribution in [3.8, 4) is 34.6 Å². The molecule has 5 aromatic rings. The van der Waals surface area contributed by atoms with Crippen molar-refractivity contribution in [1.82, 2.24) is 34.5 Å². The number of methoxy groups -OCH3 is 2. The quantitative estimate of drug-likeness (QED) is 0.236. The van der Waals surface area contributed by atoms with Crippen molar-refractivity contribution < 1.29 is 14.2 Å². The van der Waals surface area contributed by atoms with E-state index in [2.05, 4.69) is 24.7 Å². The molecule has 0 aliphatic rings. The van der Waals surface area contributed by atoms with Crippen molar-refractivity contribution in [2.45, 2.75) is 12.7 Å². The number of benzene rings is 1. The van der Waals surface area contributed by atoms with Crippen molar-refractivity contribution in [3.05, 3.63) is 65.8 Å². The summed E-state index contributed by atoms with van der Waals surface area (Å²) in [6, 6.07) is 12.7. The SMILES string of the molecule is CCOc1cccc(-c2nc3nc(Cl)c(NSCc4ncccn4)nc3n2-c2c(OC)cccc2OC)n1. The molecule has 0 saturated heterocycles. The molecule has 5 rings (SSSR count). The van der Waals surface area contributed by atoms with Crippen molar-refractivity contribution in [2.24, 2.45) is 0 Å². The topological polar surface area (TPSA) is 122 Å². The second kappa shape index (κ2) is 11.5. The van der Waals surface area contributed by atoms with Crippen LogP contribution in [0.5, 0.6) is 17.4 Å². The number of ether oxygens (including phenoxy) is 3. The first-order valence-corrected chi connectivity index (χ1v) is 12.9. The van der Waals surface area contributed by atoms with E-state index in [4.69, 9.17) is 35.8 Å². The fourth-order valence-corrected chi connectivity index (χ4v) is 4.57. The van der Waals surface area contributed by atoms with Gasteiger partial charge in [-0.2, -0.15) is 0 Å². The number of imidazole rings is 1. The molecule has 194 valence electrons. The summed E-state index contributed by atoms with van der Waals surface area (Å²) in [5.41, 5.74) is 1.88. The lowest BCUT2D eigenvalue weighted by Gasteiger charge is -2.16. The molecular formula is C25H23ClN8O3S. The van der Waals surface area contributed by atoms with Crippen LogP contribution < -0.4 is 18.9 Å². The van der Waals surface area contributed by atoms with Gasteiger partial charge in [0.1, 0.15) is 28.7 Å². The number of pyridine rings is 1. The molecule has 11 nitrogen and oxygen atoms in total. The zero-order valence-electron chi connectivity index (χ0n) is 20.8. The second-order valence-corrected chi connectivity index (χ2v) is 8.78. The van der Waals surface area contributed by atoms with E-state index >= 15 is 0 Å². The van der Waals surface area contributed by atoms with Gasteiger partial charge < -0.3 is 18.9 Å². The van der Waals surface area contributed by atoms with E-state index in [1.165, 1.54) is 11.9 Å². The minimum atomic E-state index is 0.165. The summed E-state index contributed by atoms with van der Waals surface area (Å²) in [6.45, 7) is 2.38. The summed E-state index contributed by atoms with van der Waals surface area (Å²) in [5.74, 6) is 3.55. The lowest BCUT2D eigenvalue weighted by atomic mass is 10.2. The van der Waals surface area contributed by atoms with Crippen LogP contribution in [-0.4, -0.2) is 55.3 Å². The summed E-state index contributed by atoms with van der Waals surface area (Å²) < 4.78 is 22.0. The zero-order chi connectivity index (χ0) is 26.5. The monoisotopic (exact) mass is 550 g/mol. The van der Waals surface area contributed by atoms with Gasteiger partial charge in [0.15, 0.2) is 28.1 Å². The Labute approximate surface area is 227 Å². The number of nitrogens with zero attached hydrogens (tertiary/aromatic N) is 7. The maximum Gasteiger partial charge on any atom is 0.213 e. The predicted molar refractivity (Wildman–Crippen MR) is 146 cm³/mol. The molecule has 0 aliphatic heterocycles. The highest BCUT2D eigenvalue weighted by Gasteiger charge is 2.25. The molecule has 0 bridgehead atoms. The number of hydrogen-bond donors (Lipinski definition) is 1. The third-order valence-corrected chi connectivity index (χ3v) is 6.32. The molecule has 1 aromatic carbocycles. The standard InChI is InChI=1S/C25H23ClN8O3S/c1-4-37-19-11-5-8-15(29-19)24-32-23-25(34(24)20-16(35-2)9-6-10-17(20)36-3)31-22(21(26)30-23)33-38-14-18-27-12-7-13-28-18/h5-13H,4,14H2,1-3H3,(H,31,33). The summed E-state index contributed by atoms with van der Waals surface area (Å²) in [6.07, 6.45) is 3.38. The fourth-order valence-electron chi connectivity index (χ4n) is 3.72. The van der Waals surface area contributed by atoms with Gasteiger partial charge in [0.2, 0.25) is 5.88 Å². The molecule has 1 N–H and O–H groups in total. The van der Waals surface area contributed by atoms with Crippen molar-refractivity contribution in [2.75, 3.05) is 25.5 Å². The predicted octanol–water partition coefficient (Wildman–Crippen LogP) is 5.00. The van der Waals surface area contributed by atoms with Crippen LogP contribution in [0.15, 0.2) is 54.9 Å². The Morgan fingerprint density at radius 1 is 0.921 bits per heavy atom. The normalized spacial score (nSPS) is 10.9. The maximum atomic E-state index is 6.51. The molecule has 0 radical (unpaired) electrons. The third-order valence-electron chi connectivity index (χ3n) is 5.31. The molecule has 0 unspecified atom stereocenters. The second-order valence-electron chi connectivity index (χ2n) is 7.64. The number of hydrogen-bond acceptors (Lipinski definition) is 11. The summed E-state index contributed by atoms with van der Waals surface area (Å²) in [5, 5.41) is 0.165. The first kappa shape index (κ1) is 25.5. The molecular weight excluding hydrogens is 528 g/mol. The van der Waals surface area contributed by atoms with E-state index in [9.17, 15) is 0 Å². The lowest BCUT2D eigenvalue weighted by Crippen LogP contribution is -2.06. The smallest absolute Gasteiger partial charge is 0.213 e. The third kappa shape index (κ3) is 5.13. The number of aromatic nitrogens is 7. The minimum Gasteiger partial charge on any atom is -0.494 e. The Kier molecular flexibility index (Phi) is 7.70. The molecule has 0 saturated carbocycles. The highest BCUT2D eigenvalue weighted by atomic mass is 35.5. The lowest BCUT2D eigenvalue weighted by molar-refractivity contribution is 0.327. The molecule has 0 spiro atoms. The van der Waals surface area contributed by atoms with Crippen molar-refractivity contribution in [1.29, 1.82) is 0 Å². The van der Waals surface area contributed by atoms with Gasteiger partial charge in [-0.3, -0.25) is 4.57 Å². The van der Waals surface area contributed by atoms with E-state index in [0.29, 0.717) is 69.9 Å². The molecule has 38 heavy (non-hydrogen) atoms. The fraction of sp³-hybridized carbons (Fsp3) is 0.200. The zero-order valence-corrected chi connectivity index (χ0v) is 22.3. The number of rotatable bonds is 10. The van der Waals surface area contributed by atoms with Crippen LogP contribution in [0, 0.1) is 0 Å². The van der Waals surface area contributed by atoms with Crippen LogP contribution in [0.25, 0.3) is 28.5 Å². The van der Waals surface area contributed by atoms with Crippen LogP contribution in [0.4, 0.5) is 5.82 Å². The minimum absolute atomic E-state index is 0.165. The first-order valence-electron chi connectivity index (χ1n) is 11.5. The van der Waals surface area contributed by atoms with Gasteiger partial charge in [0.25, 0.3) is 0 Å². The molecule has 0 aliphatic carbocycles. The van der Waals surface area contributed by atoms with Crippen LogP contribution in [0.1, 0.15) is 12.7 Å². The van der Waals surface area contributed by atoms with Crippen LogP contribution in [0.2, 0.25) is 5.15 Å². The van der Waals surface area contributed by atoms with Crippen molar-refractivity contribution in [3.63, 3.8) is 0 Å². The average molecular weight is 551 g/mol. The molecule has 4 aromatic heterocycles. The Morgan fingerprint density at radius 3 is 2.37 bits per heavy atom. The van der Waals surface area contributed by atoms with Gasteiger partial charge in [-0.25, -0.2) is 29.9 Å². The van der Waals surface area contributed by atoms with E-state index in [1.54, 1.807) is 43.3 Å². The van der Waals surface area contributed by atoms with Gasteiger partial charge in [0.05, 0.1) is 26.6 Å². The van der Waals surface area contributed by atoms with Crippen LogP contribution >= 0.6 is 23.5 Å². The Balaban J connectivity index is 1.67. The van der Waals surface area contributed by atoms with E-state index in [-0.39, 0.29) is 5.15 Å². The molecule has 0 fully saturated rings. The average Bonchev–Trinajstić information content (AvgIpc) is 3.31. The molecule has 0 atom stereocenters. The van der Waals surface area contributed by atoms with Crippen LogP contribution in [0.3, 0.4) is 0 Å². The van der Waals surface area contributed by atoms with E-state index in [1.807, 2.05) is 37.3 Å². The van der Waals surface area contributed by atoms with Gasteiger partial charge >= 0.3 is 0 Å². The van der Waals surface area contributed by atoms with E-state index < -0.39 is 0 Å². The van der Waals surface area contributed by atoms with E-state index in [0.717, 1.165) is 0 Å². The van der Waals surface area contributed by atoms with Crippen LogP contribution in [-0.2, 0) is 5.75 Å². The molecule has 4 heterocycles. The summed E-state index contributed by atoms with van der Waals surface area (Å²) in [4.78, 5) is 27.2. The van der Waals surface area contributed by atoms with Gasteiger partial charge in [-0.1, -0.05) is 23.7 Å². The summed E-state index contributed by atoms with van der Waals surface area (Å²) >= 11 is 7.85. The number of para-hydroxylation sites is 1. The number of nitrogens with one attached hydrogen (secondary N) is 1. The number of anilines is 1. The Hall–Kier alpha value is -4.16. The maximum absolute atomic E-state index is 6.51. The molecule has 0 amide bonds. The number of fused-ring (bicyclic) bond motifs is 1. The van der Waals surface area contributed by atoms with Crippen molar-refractivity contribution >= 4 is 40.7 Å². The van der Waals surface area contributed by atoms with Gasteiger partial charge in [-0.15, -0.1) is 0 Å². The highest BCUT2D eigenvalue weighted by Crippen LogP contribution is 2.38. The summed E-state index contributed by atoms with van der Waals surface area (Å²) in [7, 11) is 3.17.